The number of ether oxygens (including phenoxy) is 1. The van der Waals surface area contributed by atoms with E-state index in [9.17, 15) is 8.78 Å². The molecule has 3 rings (SSSR count). The van der Waals surface area contributed by atoms with E-state index in [1.807, 2.05) is 29.8 Å². The molecule has 2 N–H and O–H groups in total. The molecule has 0 aliphatic rings. The Hall–Kier alpha value is -3.20. The van der Waals surface area contributed by atoms with Crippen molar-refractivity contribution in [3.63, 3.8) is 0 Å². The Labute approximate surface area is 177 Å². The fourth-order valence-corrected chi connectivity index (χ4v) is 2.84. The van der Waals surface area contributed by atoms with Gasteiger partial charge in [0.2, 0.25) is 0 Å². The standard InChI is InChI=1S/C20H21ClF2N6O/c1-2-25-20(28-12-15-9-16(21)4-5-17(15)30-19(22)23)27-11-14-3-6-18(26-10-14)29-8-7-24-13-29/h3-10,13,19H,2,11-12H2,1H3,(H2,25,27,28). The number of alkyl halides is 2. The Bertz CT molecular complexity index is 964. The average molecular weight is 435 g/mol. The summed E-state index contributed by atoms with van der Waals surface area (Å²) in [5, 5.41) is 6.65. The number of guanidine groups is 1. The van der Waals surface area contributed by atoms with E-state index in [0.717, 1.165) is 11.4 Å². The number of aromatic nitrogens is 3. The number of hydrogen-bond acceptors (Lipinski definition) is 4. The van der Waals surface area contributed by atoms with Crippen molar-refractivity contribution in [1.29, 1.82) is 0 Å². The highest BCUT2D eigenvalue weighted by Gasteiger charge is 2.11. The molecule has 0 saturated carbocycles. The van der Waals surface area contributed by atoms with Gasteiger partial charge in [-0.05, 0) is 36.8 Å². The number of pyridine rings is 1. The van der Waals surface area contributed by atoms with E-state index in [1.165, 1.54) is 12.1 Å². The maximum absolute atomic E-state index is 12.6. The Morgan fingerprint density at radius 2 is 2.13 bits per heavy atom. The number of imidazole rings is 1. The van der Waals surface area contributed by atoms with E-state index in [2.05, 4.69) is 30.3 Å². The van der Waals surface area contributed by atoms with Crippen LogP contribution in [0.2, 0.25) is 5.02 Å². The van der Waals surface area contributed by atoms with Gasteiger partial charge in [-0.3, -0.25) is 4.57 Å². The van der Waals surface area contributed by atoms with E-state index in [0.29, 0.717) is 29.6 Å². The number of aliphatic imine (C=N–C) groups is 1. The molecule has 0 atom stereocenters. The first-order valence-corrected chi connectivity index (χ1v) is 9.61. The van der Waals surface area contributed by atoms with Gasteiger partial charge in [-0.1, -0.05) is 17.7 Å². The molecule has 0 amide bonds. The summed E-state index contributed by atoms with van der Waals surface area (Å²) < 4.78 is 31.6. The van der Waals surface area contributed by atoms with Crippen molar-refractivity contribution in [3.8, 4) is 11.6 Å². The minimum atomic E-state index is -2.91. The molecule has 158 valence electrons. The van der Waals surface area contributed by atoms with Crippen LogP contribution in [-0.4, -0.2) is 33.7 Å². The summed E-state index contributed by atoms with van der Waals surface area (Å²) in [6.07, 6.45) is 6.92. The van der Waals surface area contributed by atoms with Gasteiger partial charge in [0.25, 0.3) is 0 Å². The topological polar surface area (TPSA) is 76.4 Å². The minimum Gasteiger partial charge on any atom is -0.434 e. The monoisotopic (exact) mass is 434 g/mol. The number of hydrogen-bond donors (Lipinski definition) is 2. The first-order valence-electron chi connectivity index (χ1n) is 9.24. The van der Waals surface area contributed by atoms with Crippen LogP contribution in [0.4, 0.5) is 8.78 Å². The van der Waals surface area contributed by atoms with Crippen LogP contribution < -0.4 is 15.4 Å². The van der Waals surface area contributed by atoms with E-state index in [4.69, 9.17) is 11.6 Å². The van der Waals surface area contributed by atoms with Gasteiger partial charge < -0.3 is 15.4 Å². The fourth-order valence-electron chi connectivity index (χ4n) is 2.65. The third-order valence-corrected chi connectivity index (χ3v) is 4.26. The summed E-state index contributed by atoms with van der Waals surface area (Å²) in [7, 11) is 0. The third-order valence-electron chi connectivity index (χ3n) is 4.03. The maximum atomic E-state index is 12.6. The molecule has 1 aromatic carbocycles. The second-order valence-corrected chi connectivity index (χ2v) is 6.61. The number of halogens is 3. The van der Waals surface area contributed by atoms with Crippen LogP contribution in [0.1, 0.15) is 18.1 Å². The quantitative estimate of drug-likeness (QED) is 0.417. The van der Waals surface area contributed by atoms with Crippen molar-refractivity contribution >= 4 is 17.6 Å². The van der Waals surface area contributed by atoms with Crippen molar-refractivity contribution in [3.05, 3.63) is 71.4 Å². The lowest BCUT2D eigenvalue weighted by molar-refractivity contribution is -0.0504. The Morgan fingerprint density at radius 3 is 2.80 bits per heavy atom. The van der Waals surface area contributed by atoms with Crippen molar-refractivity contribution in [1.82, 2.24) is 25.2 Å². The molecule has 10 heteroatoms. The van der Waals surface area contributed by atoms with Crippen LogP contribution in [0.3, 0.4) is 0 Å². The minimum absolute atomic E-state index is 0.0667. The number of rotatable bonds is 8. The summed E-state index contributed by atoms with van der Waals surface area (Å²) in [5.41, 5.74) is 1.42. The number of nitrogens with zero attached hydrogens (tertiary/aromatic N) is 4. The molecule has 2 heterocycles. The van der Waals surface area contributed by atoms with Crippen LogP contribution in [0.25, 0.3) is 5.82 Å². The molecule has 0 aliphatic carbocycles. The molecule has 0 bridgehead atoms. The zero-order chi connectivity index (χ0) is 21.3. The summed E-state index contributed by atoms with van der Waals surface area (Å²) in [6.45, 7) is 0.266. The van der Waals surface area contributed by atoms with Gasteiger partial charge in [0.05, 0.1) is 6.54 Å². The van der Waals surface area contributed by atoms with Gasteiger partial charge in [-0.25, -0.2) is 15.0 Å². The highest BCUT2D eigenvalue weighted by molar-refractivity contribution is 6.30. The van der Waals surface area contributed by atoms with E-state index < -0.39 is 6.61 Å². The highest BCUT2D eigenvalue weighted by Crippen LogP contribution is 2.24. The zero-order valence-corrected chi connectivity index (χ0v) is 17.0. The van der Waals surface area contributed by atoms with Crippen molar-refractivity contribution < 1.29 is 13.5 Å². The normalized spacial score (nSPS) is 11.6. The van der Waals surface area contributed by atoms with Gasteiger partial charge in [-0.15, -0.1) is 0 Å². The molecule has 0 aliphatic heterocycles. The first-order chi connectivity index (χ1) is 14.5. The summed E-state index contributed by atoms with van der Waals surface area (Å²) in [6, 6.07) is 8.31. The highest BCUT2D eigenvalue weighted by atomic mass is 35.5. The molecule has 0 saturated heterocycles. The van der Waals surface area contributed by atoms with Crippen molar-refractivity contribution in [2.24, 2.45) is 4.99 Å². The van der Waals surface area contributed by atoms with E-state index >= 15 is 0 Å². The van der Waals surface area contributed by atoms with Gasteiger partial charge in [0, 0.05) is 42.3 Å². The number of benzene rings is 1. The third kappa shape index (κ3) is 6.15. The van der Waals surface area contributed by atoms with Gasteiger partial charge >= 0.3 is 6.61 Å². The molecule has 7 nitrogen and oxygen atoms in total. The van der Waals surface area contributed by atoms with Crippen LogP contribution in [0.15, 0.2) is 60.2 Å². The lowest BCUT2D eigenvalue weighted by Gasteiger charge is -2.14. The Balaban J connectivity index is 1.66. The summed E-state index contributed by atoms with van der Waals surface area (Å²) >= 11 is 5.99. The SMILES string of the molecule is CCNC(=NCc1ccc(-n2ccnc2)nc1)NCc1cc(Cl)ccc1OC(F)F. The molecular formula is C20H21ClF2N6O. The van der Waals surface area contributed by atoms with Gasteiger partial charge in [0.15, 0.2) is 5.96 Å². The molecule has 3 aromatic rings. The zero-order valence-electron chi connectivity index (χ0n) is 16.2. The van der Waals surface area contributed by atoms with Crippen LogP contribution in [0, 0.1) is 0 Å². The van der Waals surface area contributed by atoms with E-state index in [-0.39, 0.29) is 12.3 Å². The Kier molecular flexibility index (Phi) is 7.56. The second-order valence-electron chi connectivity index (χ2n) is 6.17. The number of nitrogens with one attached hydrogen (secondary N) is 2. The largest absolute Gasteiger partial charge is 0.434 e. The molecular weight excluding hydrogens is 414 g/mol. The summed E-state index contributed by atoms with van der Waals surface area (Å²) in [5.74, 6) is 1.36. The predicted octanol–water partition coefficient (Wildman–Crippen LogP) is 3.78. The molecule has 0 fully saturated rings. The summed E-state index contributed by atoms with van der Waals surface area (Å²) in [4.78, 5) is 12.9. The molecule has 0 radical (unpaired) electrons. The molecule has 2 aromatic heterocycles. The van der Waals surface area contributed by atoms with Crippen molar-refractivity contribution in [2.75, 3.05) is 6.54 Å². The molecule has 0 unspecified atom stereocenters. The van der Waals surface area contributed by atoms with Crippen LogP contribution >= 0.6 is 11.6 Å². The Morgan fingerprint density at radius 1 is 1.27 bits per heavy atom. The molecule has 0 spiro atoms. The first kappa shape index (κ1) is 21.5. The fraction of sp³-hybridized carbons (Fsp3) is 0.250. The van der Waals surface area contributed by atoms with Crippen LogP contribution in [0.5, 0.6) is 5.75 Å². The van der Waals surface area contributed by atoms with Gasteiger partial charge in [-0.2, -0.15) is 8.78 Å². The molecule has 30 heavy (non-hydrogen) atoms. The predicted molar refractivity (Wildman–Crippen MR) is 111 cm³/mol. The average Bonchev–Trinajstić information content (AvgIpc) is 3.27. The lowest BCUT2D eigenvalue weighted by Crippen LogP contribution is -2.36. The van der Waals surface area contributed by atoms with Crippen molar-refractivity contribution in [2.45, 2.75) is 26.6 Å². The smallest absolute Gasteiger partial charge is 0.387 e. The van der Waals surface area contributed by atoms with E-state index in [1.54, 1.807) is 24.8 Å². The second kappa shape index (κ2) is 10.5. The lowest BCUT2D eigenvalue weighted by atomic mass is 10.2. The van der Waals surface area contributed by atoms with Gasteiger partial charge in [0.1, 0.15) is 17.9 Å². The maximum Gasteiger partial charge on any atom is 0.387 e. The van der Waals surface area contributed by atoms with Crippen LogP contribution in [-0.2, 0) is 13.1 Å².